The third-order valence-electron chi connectivity index (χ3n) is 3.63. The van der Waals surface area contributed by atoms with Crippen LogP contribution in [0.25, 0.3) is 21.5 Å². The van der Waals surface area contributed by atoms with Crippen molar-refractivity contribution in [2.75, 3.05) is 5.32 Å². The number of thiazole rings is 2. The maximum atomic E-state index is 12.5. The summed E-state index contributed by atoms with van der Waals surface area (Å²) >= 11 is 3.14. The van der Waals surface area contributed by atoms with E-state index in [0.29, 0.717) is 5.56 Å². The molecule has 1 N–H and O–H groups in total. The molecule has 0 aliphatic rings. The third-order valence-corrected chi connectivity index (χ3v) is 5.19. The molecular weight excluding hydrogens is 338 g/mol. The van der Waals surface area contributed by atoms with Crippen molar-refractivity contribution >= 4 is 44.5 Å². The molecule has 0 aliphatic carbocycles. The first-order valence-electron chi connectivity index (χ1n) is 7.36. The summed E-state index contributed by atoms with van der Waals surface area (Å²) in [5.74, 6) is -0.128. The molecule has 1 amide bonds. The number of aromatic nitrogens is 2. The molecule has 0 unspecified atom stereocenters. The van der Waals surface area contributed by atoms with Crippen LogP contribution in [0.5, 0.6) is 0 Å². The molecule has 24 heavy (non-hydrogen) atoms. The highest BCUT2D eigenvalue weighted by Gasteiger charge is 2.09. The van der Waals surface area contributed by atoms with Crippen molar-refractivity contribution in [2.24, 2.45) is 0 Å². The number of benzene rings is 2. The Bertz CT molecular complexity index is 1040. The predicted octanol–water partition coefficient (Wildman–Crippen LogP) is 4.98. The molecule has 0 saturated heterocycles. The zero-order valence-electron chi connectivity index (χ0n) is 12.8. The Labute approximate surface area is 146 Å². The van der Waals surface area contributed by atoms with Gasteiger partial charge in [-0.3, -0.25) is 4.79 Å². The van der Waals surface area contributed by atoms with E-state index in [2.05, 4.69) is 15.3 Å². The molecule has 0 saturated carbocycles. The second kappa shape index (κ2) is 6.14. The smallest absolute Gasteiger partial charge is 0.255 e. The molecule has 2 aromatic carbocycles. The van der Waals surface area contributed by atoms with Crippen LogP contribution in [0, 0.1) is 6.92 Å². The molecule has 0 bridgehead atoms. The van der Waals surface area contributed by atoms with Gasteiger partial charge in [-0.2, -0.15) is 0 Å². The number of carbonyl (C=O) groups is 1. The number of rotatable bonds is 3. The Morgan fingerprint density at radius 3 is 2.88 bits per heavy atom. The highest BCUT2D eigenvalue weighted by Crippen LogP contribution is 2.25. The Balaban J connectivity index is 1.59. The van der Waals surface area contributed by atoms with Gasteiger partial charge in [0.2, 0.25) is 0 Å². The summed E-state index contributed by atoms with van der Waals surface area (Å²) in [6.45, 7) is 1.98. The third kappa shape index (κ3) is 2.93. The zero-order valence-corrected chi connectivity index (χ0v) is 14.4. The quantitative estimate of drug-likeness (QED) is 0.566. The lowest BCUT2D eigenvalue weighted by atomic mass is 10.1. The summed E-state index contributed by atoms with van der Waals surface area (Å²) in [6.07, 6.45) is 0. The van der Waals surface area contributed by atoms with E-state index in [1.54, 1.807) is 22.9 Å². The van der Waals surface area contributed by atoms with Crippen molar-refractivity contribution < 1.29 is 4.79 Å². The summed E-state index contributed by atoms with van der Waals surface area (Å²) in [5, 5.41) is 6.00. The maximum Gasteiger partial charge on any atom is 0.255 e. The largest absolute Gasteiger partial charge is 0.322 e. The first-order valence-corrected chi connectivity index (χ1v) is 9.12. The van der Waals surface area contributed by atoms with Crippen LogP contribution in [-0.2, 0) is 0 Å². The van der Waals surface area contributed by atoms with Crippen molar-refractivity contribution in [3.05, 3.63) is 63.9 Å². The predicted molar refractivity (Wildman–Crippen MR) is 99.9 cm³/mol. The van der Waals surface area contributed by atoms with Gasteiger partial charge in [0.05, 0.1) is 26.4 Å². The van der Waals surface area contributed by atoms with Gasteiger partial charge < -0.3 is 5.32 Å². The number of hydrogen-bond donors (Lipinski definition) is 1. The van der Waals surface area contributed by atoms with Gasteiger partial charge in [0.25, 0.3) is 5.91 Å². The number of anilines is 1. The molecular formula is C18H13N3OS2. The van der Waals surface area contributed by atoms with E-state index >= 15 is 0 Å². The molecule has 4 rings (SSSR count). The van der Waals surface area contributed by atoms with E-state index in [1.165, 1.54) is 11.3 Å². The van der Waals surface area contributed by atoms with Crippen LogP contribution in [0.4, 0.5) is 5.69 Å². The molecule has 0 radical (unpaired) electrons. The average molecular weight is 351 g/mol. The van der Waals surface area contributed by atoms with Crippen LogP contribution in [0.2, 0.25) is 0 Å². The number of nitrogens with zero attached hydrogens (tertiary/aromatic N) is 2. The van der Waals surface area contributed by atoms with Crippen LogP contribution < -0.4 is 5.32 Å². The highest BCUT2D eigenvalue weighted by molar-refractivity contribution is 7.16. The Hall–Kier alpha value is -2.57. The van der Waals surface area contributed by atoms with Gasteiger partial charge in [-0.25, -0.2) is 9.97 Å². The van der Waals surface area contributed by atoms with Gasteiger partial charge in [0.15, 0.2) is 0 Å². The standard InChI is InChI=1S/C18H13N3OS2/c1-11-20-16(9-23-11)12-3-2-4-14(7-12)21-18(22)13-5-6-15-17(8-13)24-10-19-15/h2-10H,1H3,(H,21,22). The fraction of sp³-hybridized carbons (Fsp3) is 0.0556. The topological polar surface area (TPSA) is 54.9 Å². The van der Waals surface area contributed by atoms with Crippen LogP contribution in [0.1, 0.15) is 15.4 Å². The van der Waals surface area contributed by atoms with Crippen molar-refractivity contribution in [2.45, 2.75) is 6.92 Å². The molecule has 118 valence electrons. The first-order chi connectivity index (χ1) is 11.7. The van der Waals surface area contributed by atoms with Crippen LogP contribution in [-0.4, -0.2) is 15.9 Å². The van der Waals surface area contributed by atoms with Crippen molar-refractivity contribution in [3.8, 4) is 11.3 Å². The minimum Gasteiger partial charge on any atom is -0.322 e. The van der Waals surface area contributed by atoms with E-state index in [0.717, 1.165) is 32.2 Å². The van der Waals surface area contributed by atoms with Crippen molar-refractivity contribution in [3.63, 3.8) is 0 Å². The van der Waals surface area contributed by atoms with Crippen molar-refractivity contribution in [1.82, 2.24) is 9.97 Å². The highest BCUT2D eigenvalue weighted by atomic mass is 32.1. The van der Waals surface area contributed by atoms with Gasteiger partial charge in [-0.05, 0) is 37.3 Å². The summed E-state index contributed by atoms with van der Waals surface area (Å²) in [4.78, 5) is 21.2. The molecule has 0 spiro atoms. The Kier molecular flexibility index (Phi) is 3.84. The summed E-state index contributed by atoms with van der Waals surface area (Å²) in [7, 11) is 0. The lowest BCUT2D eigenvalue weighted by Gasteiger charge is -2.07. The first kappa shape index (κ1) is 15.0. The summed E-state index contributed by atoms with van der Waals surface area (Å²) in [6, 6.07) is 13.3. The van der Waals surface area contributed by atoms with Gasteiger partial charge in [-0.1, -0.05) is 12.1 Å². The number of fused-ring (bicyclic) bond motifs is 1. The summed E-state index contributed by atoms with van der Waals surface area (Å²) in [5.41, 5.74) is 6.01. The van der Waals surface area contributed by atoms with Gasteiger partial charge in [0, 0.05) is 22.2 Å². The minimum atomic E-state index is -0.128. The SMILES string of the molecule is Cc1nc(-c2cccc(NC(=O)c3ccc4ncsc4c3)c2)cs1. The molecule has 4 aromatic rings. The minimum absolute atomic E-state index is 0.128. The average Bonchev–Trinajstić information content (AvgIpc) is 3.23. The van der Waals surface area contributed by atoms with Crippen LogP contribution in [0.15, 0.2) is 53.4 Å². The molecule has 2 heterocycles. The van der Waals surface area contributed by atoms with Crippen LogP contribution >= 0.6 is 22.7 Å². The zero-order chi connectivity index (χ0) is 16.5. The lowest BCUT2D eigenvalue weighted by Crippen LogP contribution is -2.11. The number of aryl methyl sites for hydroxylation is 1. The van der Waals surface area contributed by atoms with Crippen molar-refractivity contribution in [1.29, 1.82) is 0 Å². The van der Waals surface area contributed by atoms with Crippen LogP contribution in [0.3, 0.4) is 0 Å². The van der Waals surface area contributed by atoms with Gasteiger partial charge in [0.1, 0.15) is 0 Å². The number of carbonyl (C=O) groups excluding carboxylic acids is 1. The van der Waals surface area contributed by atoms with E-state index in [9.17, 15) is 4.79 Å². The molecule has 2 aromatic heterocycles. The molecule has 0 aliphatic heterocycles. The summed E-state index contributed by atoms with van der Waals surface area (Å²) < 4.78 is 1.01. The van der Waals surface area contributed by atoms with Gasteiger partial charge in [-0.15, -0.1) is 22.7 Å². The maximum absolute atomic E-state index is 12.5. The van der Waals surface area contributed by atoms with E-state index in [1.807, 2.05) is 48.7 Å². The molecule has 6 heteroatoms. The molecule has 0 atom stereocenters. The van der Waals surface area contributed by atoms with Gasteiger partial charge >= 0.3 is 0 Å². The molecule has 4 nitrogen and oxygen atoms in total. The second-order valence-corrected chi connectivity index (χ2v) is 7.27. The second-order valence-electron chi connectivity index (χ2n) is 5.32. The van der Waals surface area contributed by atoms with E-state index < -0.39 is 0 Å². The number of hydrogen-bond acceptors (Lipinski definition) is 5. The van der Waals surface area contributed by atoms with E-state index in [4.69, 9.17) is 0 Å². The fourth-order valence-electron chi connectivity index (χ4n) is 2.45. The molecule has 0 fully saturated rings. The Morgan fingerprint density at radius 1 is 1.12 bits per heavy atom. The fourth-order valence-corrected chi connectivity index (χ4v) is 3.79. The number of nitrogens with one attached hydrogen (secondary N) is 1. The lowest BCUT2D eigenvalue weighted by molar-refractivity contribution is 0.102. The normalized spacial score (nSPS) is 10.9. The monoisotopic (exact) mass is 351 g/mol. The van der Waals surface area contributed by atoms with E-state index in [-0.39, 0.29) is 5.91 Å². The number of amides is 1. The Morgan fingerprint density at radius 2 is 2.04 bits per heavy atom.